The maximum absolute atomic E-state index is 13.1. The molecule has 0 saturated heterocycles. The van der Waals surface area contributed by atoms with Crippen molar-refractivity contribution >= 4 is 40.1 Å². The Hall–Kier alpha value is -5.06. The Bertz CT molecular complexity index is 1570. The summed E-state index contributed by atoms with van der Waals surface area (Å²) < 4.78 is 29.2. The van der Waals surface area contributed by atoms with Crippen LogP contribution in [0.1, 0.15) is 23.2 Å². The summed E-state index contributed by atoms with van der Waals surface area (Å²) in [7, 11) is 2.72. The number of methoxy groups -OCH3 is 2. The van der Waals surface area contributed by atoms with Gasteiger partial charge in [0.25, 0.3) is 0 Å². The first kappa shape index (κ1) is 25.6. The summed E-state index contributed by atoms with van der Waals surface area (Å²) in [5.74, 6) is -0.958. The topological polar surface area (TPSA) is 129 Å². The molecule has 0 bridgehead atoms. The zero-order valence-electron chi connectivity index (χ0n) is 21.0. The fourth-order valence-corrected chi connectivity index (χ4v) is 4.02. The number of anilines is 2. The molecule has 2 N–H and O–H groups in total. The molecule has 39 heavy (non-hydrogen) atoms. The van der Waals surface area contributed by atoms with E-state index in [1.54, 1.807) is 36.5 Å². The van der Waals surface area contributed by atoms with Gasteiger partial charge in [-0.05, 0) is 55.3 Å². The third-order valence-corrected chi connectivity index (χ3v) is 6.36. The van der Waals surface area contributed by atoms with Crippen molar-refractivity contribution in [2.24, 2.45) is 5.41 Å². The van der Waals surface area contributed by atoms with Crippen molar-refractivity contribution in [1.82, 2.24) is 9.97 Å². The number of fused-ring (bicyclic) bond motifs is 1. The van der Waals surface area contributed by atoms with Gasteiger partial charge in [-0.3, -0.25) is 14.6 Å². The molecule has 2 aromatic heterocycles. The molecule has 10 nitrogen and oxygen atoms in total. The highest BCUT2D eigenvalue weighted by Crippen LogP contribution is 2.47. The summed E-state index contributed by atoms with van der Waals surface area (Å²) in [6, 6.07) is 13.3. The van der Waals surface area contributed by atoms with Crippen molar-refractivity contribution in [3.63, 3.8) is 0 Å². The highest BCUT2D eigenvalue weighted by atomic mass is 19.1. The lowest BCUT2D eigenvalue weighted by Gasteiger charge is -2.15. The summed E-state index contributed by atoms with van der Waals surface area (Å²) in [6.45, 7) is 0. The molecule has 1 aliphatic carbocycles. The number of rotatable bonds is 8. The number of carbonyl (C=O) groups is 3. The number of halogens is 1. The van der Waals surface area contributed by atoms with Gasteiger partial charge >= 0.3 is 5.97 Å². The second-order valence-electron chi connectivity index (χ2n) is 8.85. The van der Waals surface area contributed by atoms with E-state index in [0.717, 1.165) is 0 Å². The molecule has 1 saturated carbocycles. The van der Waals surface area contributed by atoms with Crippen molar-refractivity contribution in [2.45, 2.75) is 12.8 Å². The Morgan fingerprint density at radius 3 is 2.18 bits per heavy atom. The number of nitrogens with zero attached hydrogens (tertiary/aromatic N) is 2. The van der Waals surface area contributed by atoms with Crippen LogP contribution < -0.4 is 20.1 Å². The highest BCUT2D eigenvalue weighted by Gasteiger charge is 2.56. The van der Waals surface area contributed by atoms with E-state index in [-0.39, 0.29) is 11.4 Å². The Labute approximate surface area is 222 Å². The molecule has 0 aliphatic heterocycles. The first-order chi connectivity index (χ1) is 18.8. The van der Waals surface area contributed by atoms with Crippen molar-refractivity contribution in [3.8, 4) is 17.4 Å². The highest BCUT2D eigenvalue weighted by molar-refractivity contribution is 6.16. The largest absolute Gasteiger partial charge is 0.496 e. The average Bonchev–Trinajstić information content (AvgIpc) is 3.77. The summed E-state index contributed by atoms with van der Waals surface area (Å²) in [4.78, 5) is 46.5. The van der Waals surface area contributed by atoms with E-state index < -0.39 is 29.0 Å². The molecule has 198 valence electrons. The van der Waals surface area contributed by atoms with E-state index in [0.29, 0.717) is 46.6 Å². The molecule has 5 rings (SSSR count). The van der Waals surface area contributed by atoms with Gasteiger partial charge in [-0.15, -0.1) is 0 Å². The smallest absolute Gasteiger partial charge is 0.341 e. The molecule has 0 atom stereocenters. The van der Waals surface area contributed by atoms with Gasteiger partial charge in [-0.25, -0.2) is 14.2 Å². The summed E-state index contributed by atoms with van der Waals surface area (Å²) in [5.41, 5.74) is 0.344. The lowest BCUT2D eigenvalue weighted by Crippen LogP contribution is -2.35. The van der Waals surface area contributed by atoms with Crippen LogP contribution in [0.4, 0.5) is 15.8 Å². The number of benzene rings is 2. The van der Waals surface area contributed by atoms with Crippen LogP contribution in [0.25, 0.3) is 10.9 Å². The fourth-order valence-electron chi connectivity index (χ4n) is 4.02. The van der Waals surface area contributed by atoms with Gasteiger partial charge in [0.1, 0.15) is 28.3 Å². The van der Waals surface area contributed by atoms with E-state index >= 15 is 0 Å². The molecule has 0 spiro atoms. The molecule has 11 heteroatoms. The number of aromatic nitrogens is 2. The summed E-state index contributed by atoms with van der Waals surface area (Å²) >= 11 is 0. The van der Waals surface area contributed by atoms with E-state index in [2.05, 4.69) is 20.6 Å². The van der Waals surface area contributed by atoms with Crippen LogP contribution in [0.3, 0.4) is 0 Å². The molecule has 2 heterocycles. The fraction of sp³-hybridized carbons (Fsp3) is 0.179. The number of amides is 2. The van der Waals surface area contributed by atoms with Crippen molar-refractivity contribution in [3.05, 3.63) is 78.4 Å². The van der Waals surface area contributed by atoms with E-state index in [9.17, 15) is 18.8 Å². The Morgan fingerprint density at radius 1 is 0.872 bits per heavy atom. The first-order valence-corrected chi connectivity index (χ1v) is 11.9. The number of hydrogen-bond donors (Lipinski definition) is 2. The molecule has 2 amide bonds. The molecule has 1 fully saturated rings. The van der Waals surface area contributed by atoms with Crippen molar-refractivity contribution < 1.29 is 33.0 Å². The van der Waals surface area contributed by atoms with Gasteiger partial charge in [0.05, 0.1) is 31.6 Å². The van der Waals surface area contributed by atoms with Crippen LogP contribution in [0.2, 0.25) is 0 Å². The second-order valence-corrected chi connectivity index (χ2v) is 8.85. The van der Waals surface area contributed by atoms with Crippen molar-refractivity contribution in [2.75, 3.05) is 24.9 Å². The average molecular weight is 531 g/mol. The molecule has 0 radical (unpaired) electrons. The normalized spacial score (nSPS) is 13.3. The Kier molecular flexibility index (Phi) is 6.80. The molecule has 0 unspecified atom stereocenters. The molecular formula is C28H23FN4O6. The molecule has 4 aromatic rings. The van der Waals surface area contributed by atoms with Crippen LogP contribution in [-0.2, 0) is 14.3 Å². The van der Waals surface area contributed by atoms with Crippen molar-refractivity contribution in [1.29, 1.82) is 0 Å². The maximum Gasteiger partial charge on any atom is 0.341 e. The van der Waals surface area contributed by atoms with E-state index in [1.807, 2.05) is 0 Å². The molecular weight excluding hydrogens is 507 g/mol. The maximum atomic E-state index is 13.1. The van der Waals surface area contributed by atoms with Crippen LogP contribution in [0.5, 0.6) is 17.4 Å². The van der Waals surface area contributed by atoms with Gasteiger partial charge < -0.3 is 24.8 Å². The van der Waals surface area contributed by atoms with Crippen LogP contribution in [0, 0.1) is 11.2 Å². The number of esters is 1. The van der Waals surface area contributed by atoms with E-state index in [4.69, 9.17) is 14.2 Å². The van der Waals surface area contributed by atoms with Gasteiger partial charge in [0.2, 0.25) is 17.7 Å². The Balaban J connectivity index is 1.29. The molecule has 1 aliphatic rings. The standard InChI is InChI=1S/C28H23FN4O6/c1-37-23-14-21-19(13-20(23)25(34)38-2)22(9-12-30-21)39-24-8-7-18(15-31-24)33-27(36)28(10-11-28)26(35)32-17-5-3-16(29)4-6-17/h3-9,12-15H,10-11H2,1-2H3,(H,32,35)(H,33,36). The number of hydrogen-bond acceptors (Lipinski definition) is 8. The zero-order chi connectivity index (χ0) is 27.6. The SMILES string of the molecule is COC(=O)c1cc2c(Oc3ccc(NC(=O)C4(C(=O)Nc5ccc(F)cc5)CC4)cn3)ccnc2cc1OC. The monoisotopic (exact) mass is 530 g/mol. The zero-order valence-corrected chi connectivity index (χ0v) is 21.0. The van der Waals surface area contributed by atoms with Gasteiger partial charge in [0, 0.05) is 29.4 Å². The third-order valence-electron chi connectivity index (χ3n) is 6.36. The number of pyridine rings is 2. The Morgan fingerprint density at radius 2 is 1.56 bits per heavy atom. The number of carbonyl (C=O) groups excluding carboxylic acids is 3. The minimum Gasteiger partial charge on any atom is -0.496 e. The predicted molar refractivity (Wildman–Crippen MR) is 139 cm³/mol. The van der Waals surface area contributed by atoms with Crippen LogP contribution >= 0.6 is 0 Å². The van der Waals surface area contributed by atoms with Gasteiger partial charge in [0.15, 0.2) is 0 Å². The first-order valence-electron chi connectivity index (χ1n) is 11.9. The summed E-state index contributed by atoms with van der Waals surface area (Å²) in [6.07, 6.45) is 3.75. The van der Waals surface area contributed by atoms with E-state index in [1.165, 1.54) is 44.7 Å². The molecule has 2 aromatic carbocycles. The lowest BCUT2D eigenvalue weighted by molar-refractivity contribution is -0.131. The summed E-state index contributed by atoms with van der Waals surface area (Å²) in [5, 5.41) is 5.94. The minimum atomic E-state index is -1.20. The van der Waals surface area contributed by atoms with Gasteiger partial charge in [-0.1, -0.05) is 0 Å². The number of ether oxygens (including phenoxy) is 3. The minimum absolute atomic E-state index is 0.217. The second kappa shape index (κ2) is 10.4. The quantitative estimate of drug-likeness (QED) is 0.248. The van der Waals surface area contributed by atoms with Crippen LogP contribution in [0.15, 0.2) is 67.0 Å². The lowest BCUT2D eigenvalue weighted by atomic mass is 10.0. The van der Waals surface area contributed by atoms with Crippen LogP contribution in [-0.4, -0.2) is 42.0 Å². The third kappa shape index (κ3) is 5.19. The predicted octanol–water partition coefficient (Wildman–Crippen LogP) is 4.71. The van der Waals surface area contributed by atoms with Gasteiger partial charge in [-0.2, -0.15) is 0 Å². The number of nitrogens with one attached hydrogen (secondary N) is 2.